The second-order valence-corrected chi connectivity index (χ2v) is 5.05. The maximum atomic E-state index is 3.66. The van der Waals surface area contributed by atoms with Crippen LogP contribution in [0, 0.1) is 11.8 Å². The minimum absolute atomic E-state index is 0.772. The van der Waals surface area contributed by atoms with Crippen molar-refractivity contribution in [2.45, 2.75) is 33.2 Å². The van der Waals surface area contributed by atoms with E-state index in [1.165, 1.54) is 6.42 Å². The SMILES string of the molecule is CC(CNC1CC(C)C1C)=C1CNC1. The lowest BCUT2D eigenvalue weighted by molar-refractivity contribution is 0.141. The van der Waals surface area contributed by atoms with Crippen LogP contribution in [0.5, 0.6) is 0 Å². The number of hydrogen-bond donors (Lipinski definition) is 2. The van der Waals surface area contributed by atoms with Gasteiger partial charge in [0.1, 0.15) is 0 Å². The standard InChI is InChI=1S/C12H22N2/c1-8-4-12(10(8)3)14-5-9(2)11-6-13-7-11/h8,10,12-14H,4-7H2,1-3H3. The summed E-state index contributed by atoms with van der Waals surface area (Å²) in [5.74, 6) is 1.79. The highest BCUT2D eigenvalue weighted by Gasteiger charge is 2.33. The summed E-state index contributed by atoms with van der Waals surface area (Å²) in [5.41, 5.74) is 3.16. The third-order valence-electron chi connectivity index (χ3n) is 4.07. The molecule has 3 atom stereocenters. The fourth-order valence-corrected chi connectivity index (χ4v) is 2.26. The summed E-state index contributed by atoms with van der Waals surface area (Å²) in [5, 5.41) is 6.95. The molecule has 0 spiro atoms. The van der Waals surface area contributed by atoms with Crippen LogP contribution in [-0.4, -0.2) is 25.7 Å². The van der Waals surface area contributed by atoms with Gasteiger partial charge >= 0.3 is 0 Å². The molecule has 14 heavy (non-hydrogen) atoms. The summed E-state index contributed by atoms with van der Waals surface area (Å²) in [6.07, 6.45) is 1.36. The molecule has 2 aliphatic rings. The van der Waals surface area contributed by atoms with Crippen LogP contribution < -0.4 is 10.6 Å². The Labute approximate surface area is 87.2 Å². The van der Waals surface area contributed by atoms with E-state index in [4.69, 9.17) is 0 Å². The molecule has 1 saturated carbocycles. The predicted octanol–water partition coefficient (Wildman–Crippen LogP) is 1.54. The summed E-state index contributed by atoms with van der Waals surface area (Å²) < 4.78 is 0. The van der Waals surface area contributed by atoms with Crippen LogP contribution in [0.4, 0.5) is 0 Å². The summed E-state index contributed by atoms with van der Waals surface area (Å²) >= 11 is 0. The van der Waals surface area contributed by atoms with Crippen LogP contribution in [0.25, 0.3) is 0 Å². The maximum absolute atomic E-state index is 3.66. The fourth-order valence-electron chi connectivity index (χ4n) is 2.26. The van der Waals surface area contributed by atoms with E-state index in [2.05, 4.69) is 31.4 Å². The van der Waals surface area contributed by atoms with Gasteiger partial charge in [-0.15, -0.1) is 0 Å². The summed E-state index contributed by atoms with van der Waals surface area (Å²) in [4.78, 5) is 0. The van der Waals surface area contributed by atoms with Gasteiger partial charge < -0.3 is 10.6 Å². The quantitative estimate of drug-likeness (QED) is 0.666. The summed E-state index contributed by atoms with van der Waals surface area (Å²) in [6.45, 7) is 10.3. The van der Waals surface area contributed by atoms with Gasteiger partial charge in [-0.2, -0.15) is 0 Å². The van der Waals surface area contributed by atoms with Gasteiger partial charge in [0, 0.05) is 25.7 Å². The van der Waals surface area contributed by atoms with Crippen molar-refractivity contribution >= 4 is 0 Å². The first-order chi connectivity index (χ1) is 6.68. The maximum Gasteiger partial charge on any atom is 0.0183 e. The largest absolute Gasteiger partial charge is 0.310 e. The van der Waals surface area contributed by atoms with E-state index in [1.54, 1.807) is 11.1 Å². The number of rotatable bonds is 3. The Kier molecular flexibility index (Phi) is 2.93. The normalized spacial score (nSPS) is 36.2. The molecule has 2 heteroatoms. The molecule has 3 unspecified atom stereocenters. The molecule has 1 heterocycles. The van der Waals surface area contributed by atoms with Gasteiger partial charge in [0.25, 0.3) is 0 Å². The summed E-state index contributed by atoms with van der Waals surface area (Å²) in [7, 11) is 0. The Hall–Kier alpha value is -0.340. The summed E-state index contributed by atoms with van der Waals surface area (Å²) in [6, 6.07) is 0.772. The van der Waals surface area contributed by atoms with Gasteiger partial charge in [-0.1, -0.05) is 19.4 Å². The molecule has 2 N–H and O–H groups in total. The molecule has 1 aliphatic heterocycles. The molecular formula is C12H22N2. The van der Waals surface area contributed by atoms with Crippen molar-refractivity contribution in [3.63, 3.8) is 0 Å². The number of hydrogen-bond acceptors (Lipinski definition) is 2. The van der Waals surface area contributed by atoms with Gasteiger partial charge in [-0.05, 0) is 30.8 Å². The van der Waals surface area contributed by atoms with E-state index in [0.717, 1.165) is 37.5 Å². The number of nitrogens with one attached hydrogen (secondary N) is 2. The second-order valence-electron chi connectivity index (χ2n) is 5.05. The van der Waals surface area contributed by atoms with Crippen LogP contribution in [-0.2, 0) is 0 Å². The topological polar surface area (TPSA) is 24.1 Å². The highest BCUT2D eigenvalue weighted by atomic mass is 15.0. The van der Waals surface area contributed by atoms with E-state index in [1.807, 2.05) is 0 Å². The average Bonchev–Trinajstić information content (AvgIpc) is 2.08. The van der Waals surface area contributed by atoms with Gasteiger partial charge in [-0.3, -0.25) is 0 Å². The molecule has 2 fully saturated rings. The van der Waals surface area contributed by atoms with Crippen molar-refractivity contribution in [1.82, 2.24) is 10.6 Å². The average molecular weight is 194 g/mol. The van der Waals surface area contributed by atoms with Crippen molar-refractivity contribution in [3.05, 3.63) is 11.1 Å². The van der Waals surface area contributed by atoms with Crippen molar-refractivity contribution in [3.8, 4) is 0 Å². The molecule has 2 rings (SSSR count). The highest BCUT2D eigenvalue weighted by Crippen LogP contribution is 2.33. The lowest BCUT2D eigenvalue weighted by Crippen LogP contribution is -2.48. The second kappa shape index (κ2) is 4.03. The van der Waals surface area contributed by atoms with E-state index in [0.29, 0.717) is 0 Å². The Morgan fingerprint density at radius 2 is 2.14 bits per heavy atom. The zero-order valence-electron chi connectivity index (χ0n) is 9.56. The third kappa shape index (κ3) is 1.86. The Balaban J connectivity index is 1.72. The van der Waals surface area contributed by atoms with Crippen molar-refractivity contribution in [2.75, 3.05) is 19.6 Å². The van der Waals surface area contributed by atoms with Gasteiger partial charge in [0.2, 0.25) is 0 Å². The molecule has 1 aliphatic carbocycles. The molecule has 0 aromatic carbocycles. The zero-order valence-corrected chi connectivity index (χ0v) is 9.56. The van der Waals surface area contributed by atoms with E-state index in [9.17, 15) is 0 Å². The molecule has 0 radical (unpaired) electrons. The van der Waals surface area contributed by atoms with Gasteiger partial charge in [0.15, 0.2) is 0 Å². The van der Waals surface area contributed by atoms with E-state index in [-0.39, 0.29) is 0 Å². The molecule has 0 aromatic rings. The highest BCUT2D eigenvalue weighted by molar-refractivity contribution is 5.22. The minimum atomic E-state index is 0.772. The van der Waals surface area contributed by atoms with Gasteiger partial charge in [0.05, 0.1) is 0 Å². The Morgan fingerprint density at radius 1 is 1.43 bits per heavy atom. The van der Waals surface area contributed by atoms with Crippen LogP contribution >= 0.6 is 0 Å². The van der Waals surface area contributed by atoms with Crippen LogP contribution in [0.3, 0.4) is 0 Å². The Bertz CT molecular complexity index is 239. The van der Waals surface area contributed by atoms with Crippen molar-refractivity contribution in [2.24, 2.45) is 11.8 Å². The molecule has 0 bridgehead atoms. The monoisotopic (exact) mass is 194 g/mol. The van der Waals surface area contributed by atoms with Crippen LogP contribution in [0.15, 0.2) is 11.1 Å². The fraction of sp³-hybridized carbons (Fsp3) is 0.833. The minimum Gasteiger partial charge on any atom is -0.310 e. The van der Waals surface area contributed by atoms with E-state index >= 15 is 0 Å². The molecule has 80 valence electrons. The first-order valence-electron chi connectivity index (χ1n) is 5.80. The van der Waals surface area contributed by atoms with Gasteiger partial charge in [-0.25, -0.2) is 0 Å². The lowest BCUT2D eigenvalue weighted by Gasteiger charge is -2.41. The Morgan fingerprint density at radius 3 is 2.57 bits per heavy atom. The molecule has 0 aromatic heterocycles. The lowest BCUT2D eigenvalue weighted by atomic mass is 9.71. The van der Waals surface area contributed by atoms with Crippen molar-refractivity contribution in [1.29, 1.82) is 0 Å². The van der Waals surface area contributed by atoms with Crippen LogP contribution in [0.1, 0.15) is 27.2 Å². The first kappa shape index (κ1) is 10.2. The third-order valence-corrected chi connectivity index (χ3v) is 4.07. The molecular weight excluding hydrogens is 172 g/mol. The molecule has 0 amide bonds. The van der Waals surface area contributed by atoms with E-state index < -0.39 is 0 Å². The smallest absolute Gasteiger partial charge is 0.0183 e. The zero-order chi connectivity index (χ0) is 10.1. The first-order valence-corrected chi connectivity index (χ1v) is 5.80. The predicted molar refractivity (Wildman–Crippen MR) is 60.3 cm³/mol. The molecule has 1 saturated heterocycles. The van der Waals surface area contributed by atoms with Crippen molar-refractivity contribution < 1.29 is 0 Å². The van der Waals surface area contributed by atoms with Crippen LogP contribution in [0.2, 0.25) is 0 Å². The molecule has 2 nitrogen and oxygen atoms in total.